The number of terminal acetylenes is 1. The number of hydrogen-bond acceptors (Lipinski definition) is 9. The van der Waals surface area contributed by atoms with E-state index >= 15 is 0 Å². The Morgan fingerprint density at radius 2 is 1.59 bits per heavy atom. The first-order valence-electron chi connectivity index (χ1n) is 8.78. The molecule has 0 spiro atoms. The quantitative estimate of drug-likeness (QED) is 0.0712. The molecule has 0 aliphatic carbocycles. The average molecular weight is 497 g/mol. The van der Waals surface area contributed by atoms with E-state index in [-0.39, 0.29) is 81.7 Å². The SMILES string of the molecule is C#CC#CC#CC#CC(=O)OC[C@H](COP(=O)([O-])[O-])OC(=O)CCCCCCC.N.[HH].[HH].[HH].[HH].[HH].[HH].[HH].[Na+].[Na+]. The summed E-state index contributed by atoms with van der Waals surface area (Å²) in [5.41, 5.74) is 0. The van der Waals surface area contributed by atoms with Crippen molar-refractivity contribution >= 4 is 19.8 Å². The summed E-state index contributed by atoms with van der Waals surface area (Å²) in [6.45, 7) is 0.753. The first-order valence-corrected chi connectivity index (χ1v) is 10.2. The number of hydrogen-bond donors (Lipinski definition) is 1. The summed E-state index contributed by atoms with van der Waals surface area (Å²) in [6.07, 6.45) is 8.27. The second-order valence-electron chi connectivity index (χ2n) is 5.51. The van der Waals surface area contributed by atoms with Gasteiger partial charge in [0.1, 0.15) is 6.61 Å². The third-order valence-corrected chi connectivity index (χ3v) is 3.55. The number of phosphoric acid groups is 1. The summed E-state index contributed by atoms with van der Waals surface area (Å²) in [4.78, 5) is 44.6. The van der Waals surface area contributed by atoms with Crippen molar-refractivity contribution in [3.05, 3.63) is 0 Å². The van der Waals surface area contributed by atoms with Crippen LogP contribution in [0, 0.1) is 47.9 Å². The Morgan fingerprint density at radius 1 is 1.00 bits per heavy atom. The third kappa shape index (κ3) is 27.3. The van der Waals surface area contributed by atoms with Crippen molar-refractivity contribution in [1.29, 1.82) is 0 Å². The maximum Gasteiger partial charge on any atom is 1.00 e. The van der Waals surface area contributed by atoms with Gasteiger partial charge in [-0.15, -0.1) is 6.42 Å². The Kier molecular flexibility index (Phi) is 29.9. The summed E-state index contributed by atoms with van der Waals surface area (Å²) in [7, 11) is -5.28. The largest absolute Gasteiger partial charge is 1.00 e. The molecule has 0 fully saturated rings. The summed E-state index contributed by atoms with van der Waals surface area (Å²) in [5, 5.41) is 0. The van der Waals surface area contributed by atoms with Crippen LogP contribution >= 0.6 is 7.82 Å². The van der Waals surface area contributed by atoms with Gasteiger partial charge in [0.25, 0.3) is 0 Å². The molecule has 0 saturated heterocycles. The van der Waals surface area contributed by atoms with Crippen LogP contribution in [0.1, 0.15) is 55.4 Å². The van der Waals surface area contributed by atoms with Crippen LogP contribution in [-0.4, -0.2) is 31.3 Å². The molecule has 0 unspecified atom stereocenters. The minimum atomic E-state index is -5.28. The van der Waals surface area contributed by atoms with Gasteiger partial charge in [-0.25, -0.2) is 4.79 Å². The monoisotopic (exact) mass is 497 g/mol. The van der Waals surface area contributed by atoms with Gasteiger partial charge in [-0.1, -0.05) is 32.6 Å². The van der Waals surface area contributed by atoms with E-state index in [0.717, 1.165) is 25.7 Å². The van der Waals surface area contributed by atoms with Crippen LogP contribution in [0.5, 0.6) is 0 Å². The predicted octanol–water partition coefficient (Wildman–Crippen LogP) is -3.82. The molecule has 12 heteroatoms. The molecule has 0 aromatic rings. The summed E-state index contributed by atoms with van der Waals surface area (Å²) >= 11 is 0. The second-order valence-corrected chi connectivity index (χ2v) is 6.66. The van der Waals surface area contributed by atoms with Gasteiger partial charge < -0.3 is 34.5 Å². The van der Waals surface area contributed by atoms with Gasteiger partial charge in [-0.2, -0.15) is 0 Å². The predicted molar refractivity (Wildman–Crippen MR) is 120 cm³/mol. The summed E-state index contributed by atoms with van der Waals surface area (Å²) in [6, 6.07) is 0. The van der Waals surface area contributed by atoms with Gasteiger partial charge in [0, 0.05) is 22.3 Å². The molecule has 0 heterocycles. The van der Waals surface area contributed by atoms with Gasteiger partial charge >= 0.3 is 71.1 Å². The minimum Gasteiger partial charge on any atom is -0.790 e. The normalized spacial score (nSPS) is 9.56. The topological polar surface area (TPSA) is 160 Å². The molecule has 0 amide bonds. The number of esters is 2. The maximum atomic E-state index is 11.8. The molecular formula is C20H38NNa2O8P. The Hall–Kier alpha value is -0.750. The van der Waals surface area contributed by atoms with Crippen LogP contribution in [0.3, 0.4) is 0 Å². The van der Waals surface area contributed by atoms with E-state index in [1.807, 2.05) is 11.8 Å². The number of phosphoric ester groups is 1. The fourth-order valence-electron chi connectivity index (χ4n) is 1.83. The number of unbranched alkanes of at least 4 members (excludes halogenated alkanes) is 4. The summed E-state index contributed by atoms with van der Waals surface area (Å²) in [5.74, 6) is 13.6. The van der Waals surface area contributed by atoms with Gasteiger partial charge in [-0.05, 0) is 41.9 Å². The Morgan fingerprint density at radius 3 is 2.19 bits per heavy atom. The molecule has 3 N–H and O–H groups in total. The van der Waals surface area contributed by atoms with E-state index in [2.05, 4.69) is 41.0 Å². The van der Waals surface area contributed by atoms with Crippen molar-refractivity contribution in [1.82, 2.24) is 6.15 Å². The Bertz CT molecular complexity index is 845. The van der Waals surface area contributed by atoms with Crippen LogP contribution in [0.25, 0.3) is 0 Å². The average Bonchev–Trinajstić information content (AvgIpc) is 2.65. The zero-order chi connectivity index (χ0) is 22.0. The zero-order valence-electron chi connectivity index (χ0n) is 18.7. The van der Waals surface area contributed by atoms with Crippen LogP contribution in [0.2, 0.25) is 0 Å². The molecular weight excluding hydrogens is 459 g/mol. The number of carbonyl (C=O) groups excluding carboxylic acids is 2. The number of carbonyl (C=O) groups is 2. The van der Waals surface area contributed by atoms with Crippen LogP contribution < -0.4 is 75.1 Å². The van der Waals surface area contributed by atoms with Gasteiger partial charge in [-0.3, -0.25) is 4.79 Å². The standard InChI is InChI=1S/C20H23O8P.H3N.2Na.7H2/c1-3-5-7-9-11-12-14-19(21)26-16-18(17-27-29(23,24)25)28-20(22)15-13-10-8-6-4-2;;;;;;;;;;/h1,18H,4,6,8,10,13,15-17H2,2H3,(H2,23,24,25);1H3;;;7*1H/q;;2*+1;;;;;;;/p-2/t18-;;;;;;;;;;/m1........../s1. The first kappa shape index (κ1) is 38.5. The molecule has 0 aromatic heterocycles. The van der Waals surface area contributed by atoms with E-state index in [4.69, 9.17) is 15.9 Å². The van der Waals surface area contributed by atoms with Crippen molar-refractivity contribution < 1.29 is 107 Å². The molecule has 178 valence electrons. The van der Waals surface area contributed by atoms with E-state index in [1.54, 1.807) is 0 Å². The fraction of sp³-hybridized carbons (Fsp3) is 0.500. The van der Waals surface area contributed by atoms with E-state index < -0.39 is 39.1 Å². The third-order valence-electron chi connectivity index (χ3n) is 3.09. The molecule has 32 heavy (non-hydrogen) atoms. The fourth-order valence-corrected chi connectivity index (χ4v) is 2.17. The second kappa shape index (κ2) is 24.9. The first-order chi connectivity index (χ1) is 13.8. The van der Waals surface area contributed by atoms with Crippen LogP contribution in [0.15, 0.2) is 0 Å². The van der Waals surface area contributed by atoms with Crippen molar-refractivity contribution in [2.45, 2.75) is 51.6 Å². The van der Waals surface area contributed by atoms with Gasteiger partial charge in [0.2, 0.25) is 0 Å². The summed E-state index contributed by atoms with van der Waals surface area (Å²) < 4.78 is 24.5. The van der Waals surface area contributed by atoms with Crippen LogP contribution in [0.4, 0.5) is 0 Å². The van der Waals surface area contributed by atoms with Crippen LogP contribution in [-0.2, 0) is 28.2 Å². The zero-order valence-corrected chi connectivity index (χ0v) is 23.6. The van der Waals surface area contributed by atoms with Gasteiger partial charge in [0.15, 0.2) is 6.10 Å². The molecule has 0 radical (unpaired) electrons. The molecule has 0 aliphatic heterocycles. The Labute approximate surface area is 244 Å². The van der Waals surface area contributed by atoms with Crippen molar-refractivity contribution in [3.8, 4) is 47.9 Å². The molecule has 0 aliphatic rings. The Balaban J connectivity index is -0.0000000871. The number of rotatable bonds is 12. The van der Waals surface area contributed by atoms with Gasteiger partial charge in [0.05, 0.1) is 14.4 Å². The minimum absolute atomic E-state index is 0. The van der Waals surface area contributed by atoms with E-state index in [1.165, 1.54) is 0 Å². The van der Waals surface area contributed by atoms with E-state index in [0.29, 0.717) is 6.42 Å². The molecule has 0 saturated carbocycles. The molecule has 0 rings (SSSR count). The smallest absolute Gasteiger partial charge is 0.790 e. The molecule has 0 bridgehead atoms. The maximum absolute atomic E-state index is 11.8. The van der Waals surface area contributed by atoms with Crippen molar-refractivity contribution in [3.63, 3.8) is 0 Å². The van der Waals surface area contributed by atoms with Crippen molar-refractivity contribution in [2.75, 3.05) is 13.2 Å². The number of ether oxygens (including phenoxy) is 2. The molecule has 0 aromatic carbocycles. The molecule has 1 atom stereocenters. The molecule has 9 nitrogen and oxygen atoms in total. The van der Waals surface area contributed by atoms with Crippen molar-refractivity contribution in [2.24, 2.45) is 0 Å². The van der Waals surface area contributed by atoms with E-state index in [9.17, 15) is 23.9 Å².